The van der Waals surface area contributed by atoms with E-state index in [0.717, 1.165) is 0 Å². The summed E-state index contributed by atoms with van der Waals surface area (Å²) in [5.41, 5.74) is 0. The van der Waals surface area contributed by atoms with Gasteiger partial charge in [-0.05, 0) is 0 Å². The fourth-order valence-corrected chi connectivity index (χ4v) is 11.0. The standard InChI is InChI=1S/C5H12As2/c1-2-4-6-7-5-3-1/h6-7H,1-5H2. The molecular formula is C5H12As2. The van der Waals surface area contributed by atoms with Crippen molar-refractivity contribution >= 4 is 27.4 Å². The molecule has 7 heavy (non-hydrogen) atoms. The van der Waals surface area contributed by atoms with Crippen molar-refractivity contribution in [1.29, 1.82) is 0 Å². The van der Waals surface area contributed by atoms with Gasteiger partial charge in [0.1, 0.15) is 0 Å². The maximum absolute atomic E-state index is 1.68. The van der Waals surface area contributed by atoms with E-state index < -0.39 is 0 Å². The summed E-state index contributed by atoms with van der Waals surface area (Å²) in [7, 11) is 0. The molecule has 0 aromatic heterocycles. The molecule has 1 fully saturated rings. The van der Waals surface area contributed by atoms with Crippen LogP contribution in [0, 0.1) is 0 Å². The van der Waals surface area contributed by atoms with E-state index >= 15 is 0 Å². The van der Waals surface area contributed by atoms with Gasteiger partial charge in [0.15, 0.2) is 0 Å². The van der Waals surface area contributed by atoms with Gasteiger partial charge in [-0.1, -0.05) is 0 Å². The fraction of sp³-hybridized carbons (Fsp3) is 1.00. The molecule has 0 spiro atoms. The third-order valence-electron chi connectivity index (χ3n) is 1.23. The van der Waals surface area contributed by atoms with Crippen LogP contribution in [0.3, 0.4) is 0 Å². The van der Waals surface area contributed by atoms with Gasteiger partial charge >= 0.3 is 57.1 Å². The Morgan fingerprint density at radius 1 is 0.714 bits per heavy atom. The quantitative estimate of drug-likeness (QED) is 0.531. The van der Waals surface area contributed by atoms with Crippen molar-refractivity contribution in [3.8, 4) is 0 Å². The molecule has 0 aromatic rings. The Morgan fingerprint density at radius 3 is 1.86 bits per heavy atom. The van der Waals surface area contributed by atoms with Crippen molar-refractivity contribution in [3.63, 3.8) is 0 Å². The van der Waals surface area contributed by atoms with E-state index in [1.165, 1.54) is 0 Å². The van der Waals surface area contributed by atoms with Gasteiger partial charge in [-0.3, -0.25) is 0 Å². The van der Waals surface area contributed by atoms with Gasteiger partial charge in [0.2, 0.25) is 0 Å². The first-order chi connectivity index (χ1) is 3.50. The van der Waals surface area contributed by atoms with E-state index in [1.807, 2.05) is 0 Å². The van der Waals surface area contributed by atoms with E-state index in [0.29, 0.717) is 27.4 Å². The minimum atomic E-state index is 0.701. The number of hydrogen-bond donors (Lipinski definition) is 0. The molecule has 0 bridgehead atoms. The normalized spacial score (nSPS) is 30.9. The minimum absolute atomic E-state index is 0.701. The zero-order valence-corrected chi connectivity index (χ0v) is 8.73. The molecule has 0 N–H and O–H groups in total. The Bertz CT molecular complexity index is 25.7. The second-order valence-corrected chi connectivity index (χ2v) is 13.2. The van der Waals surface area contributed by atoms with Crippen molar-refractivity contribution < 1.29 is 0 Å². The third kappa shape index (κ3) is 2.83. The average molecular weight is 222 g/mol. The van der Waals surface area contributed by atoms with Crippen LogP contribution in [-0.2, 0) is 0 Å². The van der Waals surface area contributed by atoms with Crippen molar-refractivity contribution in [3.05, 3.63) is 0 Å². The molecule has 1 aliphatic rings. The summed E-state index contributed by atoms with van der Waals surface area (Å²) in [6.45, 7) is 0. The molecule has 0 saturated carbocycles. The van der Waals surface area contributed by atoms with Gasteiger partial charge in [0.25, 0.3) is 0 Å². The average Bonchev–Trinajstić information content (AvgIpc) is 1.90. The monoisotopic (exact) mass is 222 g/mol. The van der Waals surface area contributed by atoms with Gasteiger partial charge in [-0.25, -0.2) is 0 Å². The number of rotatable bonds is 0. The maximum atomic E-state index is 1.68. The van der Waals surface area contributed by atoms with Crippen molar-refractivity contribution in [2.75, 3.05) is 0 Å². The SMILES string of the molecule is C1CC[AsH][AsH]CC1. The second kappa shape index (κ2) is 4.04. The van der Waals surface area contributed by atoms with Gasteiger partial charge in [-0.2, -0.15) is 0 Å². The molecule has 0 aromatic carbocycles. The Labute approximate surface area is 57.1 Å². The molecule has 1 rings (SSSR count). The van der Waals surface area contributed by atoms with Crippen LogP contribution < -0.4 is 0 Å². The zero-order valence-electron chi connectivity index (χ0n) is 4.54. The van der Waals surface area contributed by atoms with E-state index in [1.54, 1.807) is 29.7 Å². The molecule has 0 aliphatic carbocycles. The van der Waals surface area contributed by atoms with E-state index in [-0.39, 0.29) is 0 Å². The molecule has 0 amide bonds. The molecular weight excluding hydrogens is 210 g/mol. The van der Waals surface area contributed by atoms with Crippen LogP contribution >= 0.6 is 0 Å². The van der Waals surface area contributed by atoms with E-state index in [9.17, 15) is 0 Å². The molecule has 0 radical (unpaired) electrons. The summed E-state index contributed by atoms with van der Waals surface area (Å²) < 4.78 is 0. The summed E-state index contributed by atoms with van der Waals surface area (Å²) in [4.78, 5) is 0. The van der Waals surface area contributed by atoms with Crippen LogP contribution in [0.4, 0.5) is 0 Å². The first-order valence-electron chi connectivity index (χ1n) is 2.96. The van der Waals surface area contributed by atoms with Gasteiger partial charge in [0.05, 0.1) is 0 Å². The van der Waals surface area contributed by atoms with Crippen LogP contribution in [0.15, 0.2) is 0 Å². The van der Waals surface area contributed by atoms with Gasteiger partial charge in [-0.15, -0.1) is 0 Å². The van der Waals surface area contributed by atoms with Gasteiger partial charge in [0, 0.05) is 0 Å². The molecule has 42 valence electrons. The molecule has 2 atom stereocenters. The van der Waals surface area contributed by atoms with E-state index in [2.05, 4.69) is 0 Å². The van der Waals surface area contributed by atoms with Crippen LogP contribution in [0.5, 0.6) is 0 Å². The Morgan fingerprint density at radius 2 is 1.29 bits per heavy atom. The summed E-state index contributed by atoms with van der Waals surface area (Å²) in [5.74, 6) is 0. The van der Waals surface area contributed by atoms with Crippen molar-refractivity contribution in [2.24, 2.45) is 0 Å². The molecule has 1 aliphatic heterocycles. The molecule has 1 heterocycles. The summed E-state index contributed by atoms with van der Waals surface area (Å²) in [6, 6.07) is 0. The Hall–Kier alpha value is 1.12. The predicted molar refractivity (Wildman–Crippen MR) is 37.8 cm³/mol. The Balaban J connectivity index is 2.04. The first-order valence-corrected chi connectivity index (χ1v) is 12.4. The molecule has 1 saturated heterocycles. The van der Waals surface area contributed by atoms with Crippen molar-refractivity contribution in [1.82, 2.24) is 0 Å². The third-order valence-corrected chi connectivity index (χ3v) is 12.5. The van der Waals surface area contributed by atoms with Crippen molar-refractivity contribution in [2.45, 2.75) is 29.7 Å². The molecule has 2 unspecified atom stereocenters. The predicted octanol–water partition coefficient (Wildman–Crippen LogP) is 0.795. The van der Waals surface area contributed by atoms with E-state index in [4.69, 9.17) is 0 Å². The fourth-order valence-electron chi connectivity index (χ4n) is 0.780. The number of hydrogen-bond acceptors (Lipinski definition) is 0. The van der Waals surface area contributed by atoms with Crippen LogP contribution in [0.25, 0.3) is 0 Å². The summed E-state index contributed by atoms with van der Waals surface area (Å²) in [5, 5.41) is 3.36. The summed E-state index contributed by atoms with van der Waals surface area (Å²) >= 11 is 1.40. The molecule has 0 nitrogen and oxygen atoms in total. The molecule has 2 heteroatoms. The Kier molecular flexibility index (Phi) is 3.60. The zero-order chi connectivity index (χ0) is 4.95. The topological polar surface area (TPSA) is 0 Å². The first kappa shape index (κ1) is 6.24. The second-order valence-electron chi connectivity index (χ2n) is 1.91. The van der Waals surface area contributed by atoms with Crippen LogP contribution in [0.1, 0.15) is 19.3 Å². The van der Waals surface area contributed by atoms with Crippen LogP contribution in [-0.4, -0.2) is 27.4 Å². The van der Waals surface area contributed by atoms with Gasteiger partial charge < -0.3 is 0 Å². The van der Waals surface area contributed by atoms with Crippen LogP contribution in [0.2, 0.25) is 10.4 Å². The summed E-state index contributed by atoms with van der Waals surface area (Å²) in [6.07, 6.45) is 4.74.